The Morgan fingerprint density at radius 3 is 2.69 bits per heavy atom. The first kappa shape index (κ1) is 10.9. The Balaban J connectivity index is 2.29. The monoisotopic (exact) mass is 219 g/mol. The molecule has 0 spiro atoms. The lowest BCUT2D eigenvalue weighted by molar-refractivity contribution is 0.352. The highest BCUT2D eigenvalue weighted by Gasteiger charge is 2.12. The molecule has 0 aliphatic heterocycles. The number of anilines is 1. The second-order valence-corrected chi connectivity index (χ2v) is 5.18. The van der Waals surface area contributed by atoms with Crippen molar-refractivity contribution in [3.8, 4) is 0 Å². The van der Waals surface area contributed by atoms with E-state index in [0.29, 0.717) is 16.7 Å². The van der Waals surface area contributed by atoms with E-state index < -0.39 is 0 Å². The maximum Gasteiger partial charge on any atom is 0.165 e. The van der Waals surface area contributed by atoms with Crippen LogP contribution in [-0.2, 0) is 6.54 Å². The van der Waals surface area contributed by atoms with Gasteiger partial charge in [-0.15, -0.1) is 0 Å². The lowest BCUT2D eigenvalue weighted by Gasteiger charge is -2.17. The molecule has 0 fully saturated rings. The van der Waals surface area contributed by atoms with Crippen LogP contribution in [0, 0.1) is 5.41 Å². The summed E-state index contributed by atoms with van der Waals surface area (Å²) in [6.07, 6.45) is 4.33. The molecular formula is C11H17N5. The Morgan fingerprint density at radius 2 is 2.00 bits per heavy atom. The third-order valence-electron chi connectivity index (χ3n) is 2.53. The van der Waals surface area contributed by atoms with Gasteiger partial charge in [0.15, 0.2) is 11.5 Å². The molecule has 0 radical (unpaired) electrons. The molecule has 2 heterocycles. The molecule has 0 aliphatic rings. The summed E-state index contributed by atoms with van der Waals surface area (Å²) in [5.41, 5.74) is 7.53. The first-order valence-corrected chi connectivity index (χ1v) is 5.39. The Kier molecular flexibility index (Phi) is 2.53. The van der Waals surface area contributed by atoms with E-state index in [1.807, 2.05) is 4.57 Å². The van der Waals surface area contributed by atoms with Gasteiger partial charge < -0.3 is 10.3 Å². The number of hydrogen-bond donors (Lipinski definition) is 1. The lowest BCUT2D eigenvalue weighted by Crippen LogP contribution is -2.10. The topological polar surface area (TPSA) is 69.6 Å². The maximum absolute atomic E-state index is 5.72. The molecule has 2 aromatic heterocycles. The second kappa shape index (κ2) is 3.73. The molecule has 0 bridgehead atoms. The van der Waals surface area contributed by atoms with E-state index in [4.69, 9.17) is 5.73 Å². The number of aromatic nitrogens is 4. The van der Waals surface area contributed by atoms with Crippen molar-refractivity contribution in [2.24, 2.45) is 5.41 Å². The summed E-state index contributed by atoms with van der Waals surface area (Å²) in [4.78, 5) is 12.4. The first-order chi connectivity index (χ1) is 7.47. The summed E-state index contributed by atoms with van der Waals surface area (Å²) >= 11 is 0. The number of aryl methyl sites for hydroxylation is 1. The molecule has 5 heteroatoms. The number of nitrogens with zero attached hydrogens (tertiary/aromatic N) is 4. The van der Waals surface area contributed by atoms with E-state index >= 15 is 0 Å². The molecule has 0 saturated carbocycles. The lowest BCUT2D eigenvalue weighted by atomic mass is 9.92. The van der Waals surface area contributed by atoms with Crippen molar-refractivity contribution < 1.29 is 0 Å². The minimum Gasteiger partial charge on any atom is -0.382 e. The summed E-state index contributed by atoms with van der Waals surface area (Å²) < 4.78 is 2.03. The van der Waals surface area contributed by atoms with Crippen molar-refractivity contribution in [1.29, 1.82) is 0 Å². The second-order valence-electron chi connectivity index (χ2n) is 5.18. The molecule has 0 atom stereocenters. The standard InChI is InChI=1S/C11H17N5/c1-11(2,3)4-5-16-7-15-8-9(12)13-6-14-10(8)16/h6-7H,4-5H2,1-3H3,(H2,12,13,14). The summed E-state index contributed by atoms with van der Waals surface area (Å²) in [5.74, 6) is 0.444. The van der Waals surface area contributed by atoms with Crippen LogP contribution >= 0.6 is 0 Å². The number of nitrogen functional groups attached to an aromatic ring is 1. The predicted molar refractivity (Wildman–Crippen MR) is 63.8 cm³/mol. The highest BCUT2D eigenvalue weighted by atomic mass is 15.1. The third kappa shape index (κ3) is 2.13. The Bertz CT molecular complexity index is 495. The van der Waals surface area contributed by atoms with E-state index in [0.717, 1.165) is 18.6 Å². The number of fused-ring (bicyclic) bond motifs is 1. The molecule has 86 valence electrons. The van der Waals surface area contributed by atoms with Crippen molar-refractivity contribution in [3.63, 3.8) is 0 Å². The zero-order chi connectivity index (χ0) is 11.8. The molecule has 0 aromatic carbocycles. The summed E-state index contributed by atoms with van der Waals surface area (Å²) in [7, 11) is 0. The quantitative estimate of drug-likeness (QED) is 0.836. The van der Waals surface area contributed by atoms with Crippen LogP contribution in [-0.4, -0.2) is 19.5 Å². The molecule has 0 amide bonds. The van der Waals surface area contributed by atoms with Gasteiger partial charge in [-0.05, 0) is 11.8 Å². The van der Waals surface area contributed by atoms with Crippen molar-refractivity contribution in [1.82, 2.24) is 19.5 Å². The van der Waals surface area contributed by atoms with Crippen LogP contribution in [0.15, 0.2) is 12.7 Å². The van der Waals surface area contributed by atoms with Gasteiger partial charge in [-0.2, -0.15) is 0 Å². The van der Waals surface area contributed by atoms with Crippen LogP contribution in [0.2, 0.25) is 0 Å². The van der Waals surface area contributed by atoms with Gasteiger partial charge >= 0.3 is 0 Å². The van der Waals surface area contributed by atoms with Gasteiger partial charge in [0.2, 0.25) is 0 Å². The zero-order valence-electron chi connectivity index (χ0n) is 9.94. The summed E-state index contributed by atoms with van der Waals surface area (Å²) in [6.45, 7) is 7.55. The number of nitrogens with two attached hydrogens (primary N) is 1. The van der Waals surface area contributed by atoms with Gasteiger partial charge in [-0.3, -0.25) is 0 Å². The van der Waals surface area contributed by atoms with Gasteiger partial charge in [0.1, 0.15) is 11.8 Å². The molecular weight excluding hydrogens is 202 g/mol. The highest BCUT2D eigenvalue weighted by molar-refractivity contribution is 5.80. The van der Waals surface area contributed by atoms with Gasteiger partial charge in [0.25, 0.3) is 0 Å². The SMILES string of the molecule is CC(C)(C)CCn1cnc2c(N)ncnc21. The summed E-state index contributed by atoms with van der Waals surface area (Å²) in [5, 5.41) is 0. The van der Waals surface area contributed by atoms with Crippen molar-refractivity contribution in [3.05, 3.63) is 12.7 Å². The van der Waals surface area contributed by atoms with E-state index in [2.05, 4.69) is 35.7 Å². The first-order valence-electron chi connectivity index (χ1n) is 5.39. The normalized spacial score (nSPS) is 12.2. The van der Waals surface area contributed by atoms with Crippen LogP contribution in [0.4, 0.5) is 5.82 Å². The van der Waals surface area contributed by atoms with Crippen LogP contribution in [0.25, 0.3) is 11.2 Å². The van der Waals surface area contributed by atoms with E-state index in [1.54, 1.807) is 6.33 Å². The van der Waals surface area contributed by atoms with Gasteiger partial charge in [-0.1, -0.05) is 20.8 Å². The number of hydrogen-bond acceptors (Lipinski definition) is 4. The molecule has 2 N–H and O–H groups in total. The fraction of sp³-hybridized carbons (Fsp3) is 0.545. The van der Waals surface area contributed by atoms with Gasteiger partial charge in [0, 0.05) is 6.54 Å². The largest absolute Gasteiger partial charge is 0.382 e. The highest BCUT2D eigenvalue weighted by Crippen LogP contribution is 2.21. The molecule has 0 unspecified atom stereocenters. The Morgan fingerprint density at radius 1 is 1.25 bits per heavy atom. The van der Waals surface area contributed by atoms with Gasteiger partial charge in [0.05, 0.1) is 6.33 Å². The fourth-order valence-corrected chi connectivity index (χ4v) is 1.52. The van der Waals surface area contributed by atoms with Crippen molar-refractivity contribution in [2.45, 2.75) is 33.7 Å². The van der Waals surface area contributed by atoms with E-state index in [-0.39, 0.29) is 0 Å². The molecule has 0 aliphatic carbocycles. The Labute approximate surface area is 94.7 Å². The molecule has 0 saturated heterocycles. The van der Waals surface area contributed by atoms with E-state index in [9.17, 15) is 0 Å². The number of rotatable bonds is 2. The third-order valence-corrected chi connectivity index (χ3v) is 2.53. The average Bonchev–Trinajstić information content (AvgIpc) is 2.58. The molecule has 2 aromatic rings. The van der Waals surface area contributed by atoms with E-state index in [1.165, 1.54) is 6.33 Å². The number of imidazole rings is 1. The minimum atomic E-state index is 0.301. The van der Waals surface area contributed by atoms with Crippen LogP contribution in [0.3, 0.4) is 0 Å². The average molecular weight is 219 g/mol. The molecule has 5 nitrogen and oxygen atoms in total. The smallest absolute Gasteiger partial charge is 0.165 e. The molecule has 16 heavy (non-hydrogen) atoms. The van der Waals surface area contributed by atoms with Crippen molar-refractivity contribution >= 4 is 17.0 Å². The van der Waals surface area contributed by atoms with Gasteiger partial charge in [-0.25, -0.2) is 15.0 Å². The fourth-order valence-electron chi connectivity index (χ4n) is 1.52. The summed E-state index contributed by atoms with van der Waals surface area (Å²) in [6, 6.07) is 0. The van der Waals surface area contributed by atoms with Crippen LogP contribution in [0.5, 0.6) is 0 Å². The Hall–Kier alpha value is -1.65. The zero-order valence-corrected chi connectivity index (χ0v) is 9.94. The molecule has 2 rings (SSSR count). The van der Waals surface area contributed by atoms with Crippen molar-refractivity contribution in [2.75, 3.05) is 5.73 Å². The minimum absolute atomic E-state index is 0.301. The van der Waals surface area contributed by atoms with Crippen LogP contribution < -0.4 is 5.73 Å². The van der Waals surface area contributed by atoms with Crippen LogP contribution in [0.1, 0.15) is 27.2 Å². The predicted octanol–water partition coefficient (Wildman–Crippen LogP) is 1.84. The maximum atomic E-state index is 5.72.